The normalized spacial score (nSPS) is 10.7. The van der Waals surface area contributed by atoms with Crippen LogP contribution in [0.1, 0.15) is 5.56 Å². The van der Waals surface area contributed by atoms with Crippen molar-refractivity contribution in [2.24, 2.45) is 0 Å². The molecule has 0 aliphatic rings. The number of sulfonamides is 1. The lowest BCUT2D eigenvalue weighted by Gasteiger charge is -2.09. The number of nitrogens with one attached hydrogen (secondary N) is 1. The zero-order valence-corrected chi connectivity index (χ0v) is 11.8. The summed E-state index contributed by atoms with van der Waals surface area (Å²) >= 11 is 0. The van der Waals surface area contributed by atoms with E-state index < -0.39 is 15.8 Å². The molecule has 2 aromatic carbocycles. The maximum absolute atomic E-state index is 13.2. The van der Waals surface area contributed by atoms with Crippen LogP contribution in [-0.4, -0.2) is 15.5 Å². The Morgan fingerprint density at radius 2 is 2.00 bits per heavy atom. The Kier molecular flexibility index (Phi) is 4.10. The van der Waals surface area contributed by atoms with Crippen molar-refractivity contribution in [3.8, 4) is 11.8 Å². The van der Waals surface area contributed by atoms with Crippen LogP contribution in [0.3, 0.4) is 0 Å². The second-order valence-corrected chi connectivity index (χ2v) is 5.77. The number of hydrogen-bond donors (Lipinski definition) is 1. The first kappa shape index (κ1) is 14.8. The van der Waals surface area contributed by atoms with Crippen LogP contribution < -0.4 is 9.46 Å². The number of methoxy groups -OCH3 is 1. The third kappa shape index (κ3) is 3.30. The molecule has 0 aromatic heterocycles. The van der Waals surface area contributed by atoms with Gasteiger partial charge in [0.05, 0.1) is 23.3 Å². The molecule has 0 aliphatic heterocycles. The molecule has 0 amide bonds. The summed E-state index contributed by atoms with van der Waals surface area (Å²) in [7, 11) is -2.45. The number of nitriles is 1. The van der Waals surface area contributed by atoms with Crippen molar-refractivity contribution in [3.63, 3.8) is 0 Å². The van der Waals surface area contributed by atoms with E-state index in [2.05, 4.69) is 4.72 Å². The van der Waals surface area contributed by atoms with E-state index in [4.69, 9.17) is 10.00 Å². The lowest BCUT2D eigenvalue weighted by atomic mass is 10.2. The summed E-state index contributed by atoms with van der Waals surface area (Å²) in [5, 5.41) is 8.74. The lowest BCUT2D eigenvalue weighted by Crippen LogP contribution is -2.13. The molecule has 0 saturated carbocycles. The Balaban J connectivity index is 2.36. The van der Waals surface area contributed by atoms with E-state index in [9.17, 15) is 12.8 Å². The standard InChI is InChI=1S/C14H11FN2O3S/c1-20-12-4-2-3-11(8-12)17-21(18,19)13-5-6-14(15)10(7-13)9-16/h2-8,17H,1H3. The average molecular weight is 306 g/mol. The number of ether oxygens (including phenoxy) is 1. The predicted molar refractivity (Wildman–Crippen MR) is 74.9 cm³/mol. The quantitative estimate of drug-likeness (QED) is 0.941. The van der Waals surface area contributed by atoms with Crippen molar-refractivity contribution in [3.05, 3.63) is 53.8 Å². The Hall–Kier alpha value is -2.59. The number of halogens is 1. The molecular weight excluding hydrogens is 295 g/mol. The molecule has 0 saturated heterocycles. The number of nitrogens with zero attached hydrogens (tertiary/aromatic N) is 1. The smallest absolute Gasteiger partial charge is 0.261 e. The Labute approximate surface area is 121 Å². The van der Waals surface area contributed by atoms with Crippen molar-refractivity contribution in [1.82, 2.24) is 0 Å². The van der Waals surface area contributed by atoms with Crippen LogP contribution >= 0.6 is 0 Å². The first-order valence-corrected chi connectivity index (χ1v) is 7.31. The van der Waals surface area contributed by atoms with Gasteiger partial charge < -0.3 is 4.74 Å². The third-order valence-corrected chi connectivity index (χ3v) is 4.07. The Bertz CT molecular complexity index is 813. The molecule has 5 nitrogen and oxygen atoms in total. The maximum Gasteiger partial charge on any atom is 0.261 e. The van der Waals surface area contributed by atoms with Crippen LogP contribution in [0.2, 0.25) is 0 Å². The zero-order chi connectivity index (χ0) is 15.5. The van der Waals surface area contributed by atoms with Gasteiger partial charge in [-0.25, -0.2) is 12.8 Å². The summed E-state index contributed by atoms with van der Waals surface area (Å²) in [6.07, 6.45) is 0. The molecule has 0 spiro atoms. The van der Waals surface area contributed by atoms with Gasteiger partial charge in [-0.15, -0.1) is 0 Å². The van der Waals surface area contributed by atoms with E-state index >= 15 is 0 Å². The fraction of sp³-hybridized carbons (Fsp3) is 0.0714. The molecule has 0 fully saturated rings. The van der Waals surface area contributed by atoms with Gasteiger partial charge in [0.15, 0.2) is 0 Å². The van der Waals surface area contributed by atoms with Crippen molar-refractivity contribution < 1.29 is 17.5 Å². The van der Waals surface area contributed by atoms with Crippen molar-refractivity contribution >= 4 is 15.7 Å². The molecule has 7 heteroatoms. The highest BCUT2D eigenvalue weighted by molar-refractivity contribution is 7.92. The summed E-state index contributed by atoms with van der Waals surface area (Å²) in [6, 6.07) is 11.0. The van der Waals surface area contributed by atoms with Gasteiger partial charge in [0.25, 0.3) is 10.0 Å². The van der Waals surface area contributed by atoms with Gasteiger partial charge in [0.2, 0.25) is 0 Å². The molecule has 0 unspecified atom stereocenters. The highest BCUT2D eigenvalue weighted by Crippen LogP contribution is 2.21. The van der Waals surface area contributed by atoms with Gasteiger partial charge >= 0.3 is 0 Å². The Morgan fingerprint density at radius 1 is 1.24 bits per heavy atom. The van der Waals surface area contributed by atoms with E-state index in [0.29, 0.717) is 11.4 Å². The first-order valence-electron chi connectivity index (χ1n) is 5.83. The second kappa shape index (κ2) is 5.81. The van der Waals surface area contributed by atoms with Crippen molar-refractivity contribution in [1.29, 1.82) is 5.26 Å². The summed E-state index contributed by atoms with van der Waals surface area (Å²) < 4.78 is 45.0. The van der Waals surface area contributed by atoms with Crippen molar-refractivity contribution in [2.75, 3.05) is 11.8 Å². The van der Waals surface area contributed by atoms with Gasteiger partial charge in [-0.1, -0.05) is 6.07 Å². The summed E-state index contributed by atoms with van der Waals surface area (Å²) in [5.41, 5.74) is -0.0271. The molecule has 2 rings (SSSR count). The van der Waals surface area contributed by atoms with Crippen LogP contribution in [0.15, 0.2) is 47.4 Å². The Morgan fingerprint density at radius 3 is 2.67 bits per heavy atom. The second-order valence-electron chi connectivity index (χ2n) is 4.09. The van der Waals surface area contributed by atoms with Crippen LogP contribution in [0.4, 0.5) is 10.1 Å². The van der Waals surface area contributed by atoms with E-state index in [0.717, 1.165) is 18.2 Å². The van der Waals surface area contributed by atoms with E-state index in [1.54, 1.807) is 24.3 Å². The predicted octanol–water partition coefficient (Wildman–Crippen LogP) is 2.51. The molecule has 108 valence electrons. The van der Waals surface area contributed by atoms with E-state index in [1.165, 1.54) is 13.2 Å². The van der Waals surface area contributed by atoms with Crippen LogP contribution in [0, 0.1) is 17.1 Å². The molecule has 0 aliphatic carbocycles. The molecule has 1 N–H and O–H groups in total. The van der Waals surface area contributed by atoms with Crippen LogP contribution in [0.5, 0.6) is 5.75 Å². The largest absolute Gasteiger partial charge is 0.497 e. The molecule has 21 heavy (non-hydrogen) atoms. The van der Waals surface area contributed by atoms with Crippen molar-refractivity contribution in [2.45, 2.75) is 4.90 Å². The number of benzene rings is 2. The molecular formula is C14H11FN2O3S. The van der Waals surface area contributed by atoms with Crippen LogP contribution in [0.25, 0.3) is 0 Å². The topological polar surface area (TPSA) is 79.2 Å². The van der Waals surface area contributed by atoms with E-state index in [-0.39, 0.29) is 10.5 Å². The number of rotatable bonds is 4. The van der Waals surface area contributed by atoms with Gasteiger partial charge in [-0.05, 0) is 30.3 Å². The summed E-state index contributed by atoms with van der Waals surface area (Å²) in [5.74, 6) is -0.273. The van der Waals surface area contributed by atoms with Gasteiger partial charge in [0, 0.05) is 6.07 Å². The van der Waals surface area contributed by atoms with Gasteiger partial charge in [-0.3, -0.25) is 4.72 Å². The van der Waals surface area contributed by atoms with Gasteiger partial charge in [0.1, 0.15) is 17.6 Å². The molecule has 0 atom stereocenters. The number of anilines is 1. The fourth-order valence-electron chi connectivity index (χ4n) is 1.66. The maximum atomic E-state index is 13.2. The fourth-order valence-corrected chi connectivity index (χ4v) is 2.73. The average Bonchev–Trinajstić information content (AvgIpc) is 2.47. The van der Waals surface area contributed by atoms with Gasteiger partial charge in [-0.2, -0.15) is 5.26 Å². The summed E-state index contributed by atoms with van der Waals surface area (Å²) in [6.45, 7) is 0. The lowest BCUT2D eigenvalue weighted by molar-refractivity contribution is 0.415. The van der Waals surface area contributed by atoms with E-state index in [1.807, 2.05) is 0 Å². The SMILES string of the molecule is COc1cccc(NS(=O)(=O)c2ccc(F)c(C#N)c2)c1. The minimum atomic E-state index is -3.91. The minimum absolute atomic E-state index is 0.191. The van der Waals surface area contributed by atoms with Crippen LogP contribution in [-0.2, 0) is 10.0 Å². The summed E-state index contributed by atoms with van der Waals surface area (Å²) in [4.78, 5) is -0.191. The molecule has 0 radical (unpaired) electrons. The highest BCUT2D eigenvalue weighted by Gasteiger charge is 2.16. The third-order valence-electron chi connectivity index (χ3n) is 2.69. The molecule has 0 heterocycles. The first-order chi connectivity index (χ1) is 9.96. The monoisotopic (exact) mass is 306 g/mol. The molecule has 2 aromatic rings. The number of hydrogen-bond acceptors (Lipinski definition) is 4. The zero-order valence-electron chi connectivity index (χ0n) is 11.0. The minimum Gasteiger partial charge on any atom is -0.497 e. The molecule has 0 bridgehead atoms. The highest BCUT2D eigenvalue weighted by atomic mass is 32.2.